The minimum atomic E-state index is -2.96. The number of sulfone groups is 1. The van der Waals surface area contributed by atoms with Crippen molar-refractivity contribution >= 4 is 44.0 Å². The number of fused-ring (bicyclic) bond motifs is 2. The van der Waals surface area contributed by atoms with Gasteiger partial charge in [0, 0.05) is 60.5 Å². The van der Waals surface area contributed by atoms with Gasteiger partial charge in [0.25, 0.3) is 0 Å². The standard InChI is InChI=1S/C32H32N6O2S/c1-41(39,40)16-14-33-18-24-7-10-29(11-8-24)37-15-13-26-19-34-21-31(30(26)23-37)36-28-9-12-32-27(17-28)20-35-38(32)22-25-5-3-2-4-6-25/h2-13,15,17,19-20,23,26,33H,14,16,18,21-22H2,1H3. The Morgan fingerprint density at radius 3 is 2.66 bits per heavy atom. The highest BCUT2D eigenvalue weighted by Crippen LogP contribution is 2.29. The van der Waals surface area contributed by atoms with Crippen LogP contribution in [-0.4, -0.2) is 55.2 Å². The van der Waals surface area contributed by atoms with E-state index in [1.54, 1.807) is 0 Å². The van der Waals surface area contributed by atoms with Gasteiger partial charge >= 0.3 is 0 Å². The lowest BCUT2D eigenvalue weighted by atomic mass is 9.92. The van der Waals surface area contributed by atoms with E-state index in [0.717, 1.165) is 45.7 Å². The van der Waals surface area contributed by atoms with Gasteiger partial charge in [-0.1, -0.05) is 48.5 Å². The Hall–Kier alpha value is -4.34. The first kappa shape index (κ1) is 26.9. The van der Waals surface area contributed by atoms with Gasteiger partial charge in [-0.05, 0) is 41.5 Å². The summed E-state index contributed by atoms with van der Waals surface area (Å²) < 4.78 is 24.7. The molecule has 1 aromatic heterocycles. The van der Waals surface area contributed by atoms with E-state index in [1.165, 1.54) is 11.8 Å². The van der Waals surface area contributed by atoms with Gasteiger partial charge in [0.15, 0.2) is 0 Å². The zero-order chi connectivity index (χ0) is 28.2. The Morgan fingerprint density at radius 1 is 1.02 bits per heavy atom. The number of aliphatic imine (C=N–C) groups is 2. The second-order valence-electron chi connectivity index (χ2n) is 10.4. The van der Waals surface area contributed by atoms with Crippen LogP contribution in [0.25, 0.3) is 10.9 Å². The molecule has 1 atom stereocenters. The molecule has 0 spiro atoms. The van der Waals surface area contributed by atoms with Crippen LogP contribution in [0.15, 0.2) is 113 Å². The fourth-order valence-corrected chi connectivity index (χ4v) is 5.54. The summed E-state index contributed by atoms with van der Waals surface area (Å²) in [7, 11) is -2.96. The molecule has 9 heteroatoms. The summed E-state index contributed by atoms with van der Waals surface area (Å²) in [6, 6.07) is 24.8. The number of hydrogen-bond acceptors (Lipinski definition) is 7. The molecule has 0 fully saturated rings. The summed E-state index contributed by atoms with van der Waals surface area (Å²) in [4.78, 5) is 11.7. The van der Waals surface area contributed by atoms with E-state index in [4.69, 9.17) is 4.99 Å². The van der Waals surface area contributed by atoms with E-state index in [9.17, 15) is 8.42 Å². The van der Waals surface area contributed by atoms with E-state index in [2.05, 4.69) is 87.3 Å². The minimum Gasteiger partial charge on any atom is -0.324 e. The summed E-state index contributed by atoms with van der Waals surface area (Å²) in [5, 5.41) is 8.86. The maximum atomic E-state index is 11.3. The number of nitrogens with zero attached hydrogens (tertiary/aromatic N) is 5. The van der Waals surface area contributed by atoms with Gasteiger partial charge in [-0.15, -0.1) is 0 Å². The molecule has 0 amide bonds. The second-order valence-corrected chi connectivity index (χ2v) is 12.7. The molecule has 3 aromatic carbocycles. The zero-order valence-corrected chi connectivity index (χ0v) is 23.7. The molecule has 6 rings (SSSR count). The van der Waals surface area contributed by atoms with Crippen molar-refractivity contribution in [2.24, 2.45) is 15.9 Å². The number of nitrogens with one attached hydrogen (secondary N) is 1. The van der Waals surface area contributed by atoms with Crippen LogP contribution in [-0.2, 0) is 22.9 Å². The molecule has 1 N–H and O–H groups in total. The first-order valence-corrected chi connectivity index (χ1v) is 15.7. The van der Waals surface area contributed by atoms with Crippen molar-refractivity contribution in [1.82, 2.24) is 15.1 Å². The summed E-state index contributed by atoms with van der Waals surface area (Å²) in [5.41, 5.74) is 7.41. The van der Waals surface area contributed by atoms with Gasteiger partial charge in [0.1, 0.15) is 9.84 Å². The third-order valence-electron chi connectivity index (χ3n) is 7.21. The van der Waals surface area contributed by atoms with E-state index in [-0.39, 0.29) is 11.7 Å². The van der Waals surface area contributed by atoms with Crippen LogP contribution in [0.1, 0.15) is 11.1 Å². The summed E-state index contributed by atoms with van der Waals surface area (Å²) in [6.45, 7) is 2.32. The van der Waals surface area contributed by atoms with Crippen molar-refractivity contribution < 1.29 is 8.42 Å². The number of benzene rings is 3. The molecule has 0 aliphatic carbocycles. The quantitative estimate of drug-likeness (QED) is 0.292. The van der Waals surface area contributed by atoms with Crippen LogP contribution in [0.4, 0.5) is 11.4 Å². The van der Waals surface area contributed by atoms with Gasteiger partial charge < -0.3 is 10.2 Å². The Bertz CT molecular complexity index is 1770. The third kappa shape index (κ3) is 6.53. The summed E-state index contributed by atoms with van der Waals surface area (Å²) >= 11 is 0. The number of rotatable bonds is 9. The predicted octanol–water partition coefficient (Wildman–Crippen LogP) is 4.91. The minimum absolute atomic E-state index is 0.0921. The average Bonchev–Trinajstić information content (AvgIpc) is 3.37. The van der Waals surface area contributed by atoms with E-state index in [1.807, 2.05) is 41.4 Å². The highest BCUT2D eigenvalue weighted by molar-refractivity contribution is 7.90. The highest BCUT2D eigenvalue weighted by atomic mass is 32.2. The molecule has 3 heterocycles. The molecule has 208 valence electrons. The smallest absolute Gasteiger partial charge is 0.148 e. The fraction of sp³-hybridized carbons (Fsp3) is 0.219. The molecule has 8 nitrogen and oxygen atoms in total. The third-order valence-corrected chi connectivity index (χ3v) is 8.16. The molecular weight excluding hydrogens is 532 g/mol. The molecule has 2 aliphatic rings. The molecule has 0 saturated heterocycles. The lowest BCUT2D eigenvalue weighted by Crippen LogP contribution is -2.27. The van der Waals surface area contributed by atoms with Crippen molar-refractivity contribution in [2.45, 2.75) is 13.1 Å². The highest BCUT2D eigenvalue weighted by Gasteiger charge is 2.23. The number of hydrogen-bond donors (Lipinski definition) is 1. The summed E-state index contributed by atoms with van der Waals surface area (Å²) in [6.07, 6.45) is 11.5. The number of aromatic nitrogens is 2. The van der Waals surface area contributed by atoms with Gasteiger partial charge in [-0.3, -0.25) is 14.7 Å². The normalized spacial score (nSPS) is 17.7. The lowest BCUT2D eigenvalue weighted by Gasteiger charge is -2.28. The van der Waals surface area contributed by atoms with Crippen molar-refractivity contribution in [3.8, 4) is 0 Å². The second kappa shape index (κ2) is 11.6. The van der Waals surface area contributed by atoms with Crippen LogP contribution in [0.2, 0.25) is 0 Å². The summed E-state index contributed by atoms with van der Waals surface area (Å²) in [5.74, 6) is 0.228. The van der Waals surface area contributed by atoms with Crippen LogP contribution in [0, 0.1) is 5.92 Å². The number of allylic oxidation sites excluding steroid dienone is 1. The first-order valence-electron chi connectivity index (χ1n) is 13.6. The van der Waals surface area contributed by atoms with Gasteiger partial charge in [-0.25, -0.2) is 8.42 Å². The molecule has 0 saturated carbocycles. The van der Waals surface area contributed by atoms with Crippen molar-refractivity contribution in [3.63, 3.8) is 0 Å². The lowest BCUT2D eigenvalue weighted by molar-refractivity contribution is 0.596. The Morgan fingerprint density at radius 2 is 1.85 bits per heavy atom. The van der Waals surface area contributed by atoms with Crippen LogP contribution in [0.5, 0.6) is 0 Å². The molecule has 4 aromatic rings. The fourth-order valence-electron chi connectivity index (χ4n) is 5.03. The molecule has 0 bridgehead atoms. The maximum Gasteiger partial charge on any atom is 0.148 e. The first-order chi connectivity index (χ1) is 19.9. The van der Waals surface area contributed by atoms with Crippen LogP contribution in [0.3, 0.4) is 0 Å². The molecule has 1 unspecified atom stereocenters. The average molecular weight is 565 g/mol. The van der Waals surface area contributed by atoms with Crippen molar-refractivity contribution in [2.75, 3.05) is 30.0 Å². The van der Waals surface area contributed by atoms with Gasteiger partial charge in [0.2, 0.25) is 0 Å². The monoisotopic (exact) mass is 564 g/mol. The Balaban J connectivity index is 1.18. The molecule has 0 radical (unpaired) electrons. The van der Waals surface area contributed by atoms with E-state index in [0.29, 0.717) is 19.6 Å². The topological polar surface area (TPSA) is 91.9 Å². The Labute approximate surface area is 240 Å². The SMILES string of the molecule is CS(=O)(=O)CCNCc1ccc(N2C=CC3C=NCC(=Nc4ccc5c(cnn5Cc5ccccc5)c4)C3=C2)cc1. The number of anilines is 1. The molecule has 2 aliphatic heterocycles. The van der Waals surface area contributed by atoms with Gasteiger partial charge in [0.05, 0.1) is 42.0 Å². The van der Waals surface area contributed by atoms with Crippen LogP contribution < -0.4 is 10.2 Å². The Kier molecular flexibility index (Phi) is 7.63. The largest absolute Gasteiger partial charge is 0.324 e. The van der Waals surface area contributed by atoms with Gasteiger partial charge in [-0.2, -0.15) is 5.10 Å². The maximum absolute atomic E-state index is 11.3. The van der Waals surface area contributed by atoms with E-state index < -0.39 is 9.84 Å². The van der Waals surface area contributed by atoms with E-state index >= 15 is 0 Å². The van der Waals surface area contributed by atoms with Crippen molar-refractivity contribution in [3.05, 3.63) is 114 Å². The zero-order valence-electron chi connectivity index (χ0n) is 22.9. The molecular formula is C32H32N6O2S. The molecule has 41 heavy (non-hydrogen) atoms. The predicted molar refractivity (Wildman–Crippen MR) is 167 cm³/mol. The van der Waals surface area contributed by atoms with Crippen LogP contribution >= 0.6 is 0 Å². The van der Waals surface area contributed by atoms with Crippen molar-refractivity contribution in [1.29, 1.82) is 0 Å².